The molecule has 0 bridgehead atoms. The molecule has 5 heteroatoms. The molecule has 1 amide bonds. The van der Waals surface area contributed by atoms with Crippen LogP contribution in [0.25, 0.3) is 11.0 Å². The van der Waals surface area contributed by atoms with Crippen LogP contribution in [0.2, 0.25) is 0 Å². The molecule has 1 aromatic heterocycles. The summed E-state index contributed by atoms with van der Waals surface area (Å²) in [5.41, 5.74) is 3.50. The van der Waals surface area contributed by atoms with Gasteiger partial charge in [-0.2, -0.15) is 0 Å². The molecule has 2 aromatic carbocycles. The van der Waals surface area contributed by atoms with Crippen LogP contribution in [-0.4, -0.2) is 28.6 Å². The Bertz CT molecular complexity index is 1020. The van der Waals surface area contributed by atoms with Crippen molar-refractivity contribution >= 4 is 16.9 Å². The maximum absolute atomic E-state index is 11.5. The first-order chi connectivity index (χ1) is 15.6. The molecule has 0 aliphatic rings. The number of aryl methyl sites for hydroxylation is 1. The highest BCUT2D eigenvalue weighted by molar-refractivity contribution is 5.87. The minimum Gasteiger partial charge on any atom is -0.492 e. The normalized spacial score (nSPS) is 11.5. The van der Waals surface area contributed by atoms with Crippen LogP contribution in [0, 0.1) is 0 Å². The van der Waals surface area contributed by atoms with E-state index in [1.807, 2.05) is 13.0 Å². The number of rotatable bonds is 12. The molecule has 1 N–H and O–H groups in total. The Morgan fingerprint density at radius 2 is 1.88 bits per heavy atom. The number of unbranched alkanes of at least 4 members (excludes halogenated alkanes) is 2. The number of aromatic nitrogens is 2. The van der Waals surface area contributed by atoms with Gasteiger partial charge in [0.2, 0.25) is 5.91 Å². The van der Waals surface area contributed by atoms with Gasteiger partial charge in [0, 0.05) is 13.0 Å². The fourth-order valence-corrected chi connectivity index (χ4v) is 3.78. The number of allylic oxidation sites excluding steroid dienone is 1. The summed E-state index contributed by atoms with van der Waals surface area (Å²) >= 11 is 0. The van der Waals surface area contributed by atoms with E-state index in [2.05, 4.69) is 66.2 Å². The van der Waals surface area contributed by atoms with E-state index in [0.29, 0.717) is 19.1 Å². The Morgan fingerprint density at radius 3 is 2.62 bits per heavy atom. The zero-order valence-electron chi connectivity index (χ0n) is 19.5. The van der Waals surface area contributed by atoms with Gasteiger partial charge in [0.25, 0.3) is 0 Å². The van der Waals surface area contributed by atoms with Gasteiger partial charge in [0.1, 0.15) is 18.2 Å². The third-order valence-electron chi connectivity index (χ3n) is 5.56. The first kappa shape index (κ1) is 23.6. The third kappa shape index (κ3) is 6.71. The molecule has 3 rings (SSSR count). The fraction of sp³-hybridized carbons (Fsp3) is 0.407. The van der Waals surface area contributed by atoms with Gasteiger partial charge in [-0.1, -0.05) is 50.6 Å². The van der Waals surface area contributed by atoms with Crippen molar-refractivity contribution in [1.82, 2.24) is 14.9 Å². The average Bonchev–Trinajstić information content (AvgIpc) is 3.14. The molecular formula is C27H35N3O2. The van der Waals surface area contributed by atoms with Crippen molar-refractivity contribution in [3.63, 3.8) is 0 Å². The monoisotopic (exact) mass is 433 g/mol. The Labute approximate surface area is 191 Å². The van der Waals surface area contributed by atoms with E-state index < -0.39 is 0 Å². The number of hydrogen-bond acceptors (Lipinski definition) is 3. The SMILES string of the molecule is C/C=C/C(=O)NCCCCCc1nc2ccccc2n1CCOc1ccc(C(C)C)cc1. The largest absolute Gasteiger partial charge is 0.492 e. The van der Waals surface area contributed by atoms with Gasteiger partial charge < -0.3 is 14.6 Å². The molecule has 3 aromatic rings. The van der Waals surface area contributed by atoms with Crippen LogP contribution in [0.5, 0.6) is 5.75 Å². The minimum absolute atomic E-state index is 0.0202. The van der Waals surface area contributed by atoms with E-state index in [0.717, 1.165) is 54.8 Å². The van der Waals surface area contributed by atoms with Crippen molar-refractivity contribution in [1.29, 1.82) is 0 Å². The Hall–Kier alpha value is -3.08. The summed E-state index contributed by atoms with van der Waals surface area (Å²) < 4.78 is 8.31. The highest BCUT2D eigenvalue weighted by Gasteiger charge is 2.10. The summed E-state index contributed by atoms with van der Waals surface area (Å²) in [5.74, 6) is 2.50. The summed E-state index contributed by atoms with van der Waals surface area (Å²) in [5, 5.41) is 2.90. The number of para-hydroxylation sites is 2. The third-order valence-corrected chi connectivity index (χ3v) is 5.56. The number of benzene rings is 2. The lowest BCUT2D eigenvalue weighted by Crippen LogP contribution is -2.22. The number of ether oxygens (including phenoxy) is 1. The number of carbonyl (C=O) groups is 1. The van der Waals surface area contributed by atoms with Crippen molar-refractivity contribution in [3.8, 4) is 5.75 Å². The molecular weight excluding hydrogens is 398 g/mol. The van der Waals surface area contributed by atoms with Crippen LogP contribution in [-0.2, 0) is 17.8 Å². The highest BCUT2D eigenvalue weighted by Crippen LogP contribution is 2.20. The molecule has 0 aliphatic carbocycles. The smallest absolute Gasteiger partial charge is 0.243 e. The lowest BCUT2D eigenvalue weighted by atomic mass is 10.0. The lowest BCUT2D eigenvalue weighted by Gasteiger charge is -2.12. The van der Waals surface area contributed by atoms with Crippen molar-refractivity contribution in [2.24, 2.45) is 0 Å². The second-order valence-corrected chi connectivity index (χ2v) is 8.34. The van der Waals surface area contributed by atoms with Crippen LogP contribution in [0.4, 0.5) is 0 Å². The van der Waals surface area contributed by atoms with Crippen molar-refractivity contribution in [2.75, 3.05) is 13.2 Å². The summed E-state index contributed by atoms with van der Waals surface area (Å²) in [6, 6.07) is 16.7. The van der Waals surface area contributed by atoms with Crippen molar-refractivity contribution in [3.05, 3.63) is 72.1 Å². The molecule has 0 atom stereocenters. The summed E-state index contributed by atoms with van der Waals surface area (Å²) in [7, 11) is 0. The second-order valence-electron chi connectivity index (χ2n) is 8.34. The van der Waals surface area contributed by atoms with Crippen LogP contribution >= 0.6 is 0 Å². The molecule has 0 saturated carbocycles. The van der Waals surface area contributed by atoms with E-state index in [4.69, 9.17) is 9.72 Å². The number of nitrogens with one attached hydrogen (secondary N) is 1. The van der Waals surface area contributed by atoms with Crippen molar-refractivity contribution in [2.45, 2.75) is 58.9 Å². The van der Waals surface area contributed by atoms with Gasteiger partial charge in [-0.15, -0.1) is 0 Å². The van der Waals surface area contributed by atoms with Crippen molar-refractivity contribution < 1.29 is 9.53 Å². The van der Waals surface area contributed by atoms with Gasteiger partial charge in [0.05, 0.1) is 17.6 Å². The molecule has 0 unspecified atom stereocenters. The quantitative estimate of drug-likeness (QED) is 0.297. The van der Waals surface area contributed by atoms with Crippen LogP contribution in [0.3, 0.4) is 0 Å². The standard InChI is InChI=1S/C27H35N3O2/c1-4-10-27(31)28-18-9-5-6-13-26-29-24-11-7-8-12-25(24)30(26)19-20-32-23-16-14-22(15-17-23)21(2)3/h4,7-8,10-12,14-17,21H,5-6,9,13,18-20H2,1-3H3,(H,28,31)/b10-4+. The lowest BCUT2D eigenvalue weighted by molar-refractivity contribution is -0.116. The predicted molar refractivity (Wildman–Crippen MR) is 131 cm³/mol. The number of fused-ring (bicyclic) bond motifs is 1. The maximum atomic E-state index is 11.5. The molecule has 0 spiro atoms. The molecule has 0 saturated heterocycles. The summed E-state index contributed by atoms with van der Waals surface area (Å²) in [4.78, 5) is 16.3. The van der Waals surface area contributed by atoms with Crippen LogP contribution < -0.4 is 10.1 Å². The van der Waals surface area contributed by atoms with E-state index in [-0.39, 0.29) is 5.91 Å². The van der Waals surface area contributed by atoms with Crippen LogP contribution in [0.1, 0.15) is 57.3 Å². The van der Waals surface area contributed by atoms with Gasteiger partial charge in [-0.25, -0.2) is 4.98 Å². The maximum Gasteiger partial charge on any atom is 0.243 e. The first-order valence-electron chi connectivity index (χ1n) is 11.7. The summed E-state index contributed by atoms with van der Waals surface area (Å²) in [6.07, 6.45) is 7.30. The van der Waals surface area contributed by atoms with Gasteiger partial charge >= 0.3 is 0 Å². The number of imidazole rings is 1. The van der Waals surface area contributed by atoms with Gasteiger partial charge in [-0.3, -0.25) is 4.79 Å². The predicted octanol–water partition coefficient (Wildman–Crippen LogP) is 5.64. The number of nitrogens with zero attached hydrogens (tertiary/aromatic N) is 2. The topological polar surface area (TPSA) is 56.2 Å². The number of carbonyl (C=O) groups excluding carboxylic acids is 1. The first-order valence-corrected chi connectivity index (χ1v) is 11.7. The highest BCUT2D eigenvalue weighted by atomic mass is 16.5. The molecule has 0 fully saturated rings. The molecule has 1 heterocycles. The van der Waals surface area contributed by atoms with Gasteiger partial charge in [-0.05, 0) is 61.6 Å². The second kappa shape index (κ2) is 12.1. The molecule has 0 radical (unpaired) electrons. The zero-order valence-corrected chi connectivity index (χ0v) is 19.5. The Balaban J connectivity index is 1.54. The molecule has 0 aliphatic heterocycles. The molecule has 5 nitrogen and oxygen atoms in total. The number of hydrogen-bond donors (Lipinski definition) is 1. The Morgan fingerprint density at radius 1 is 1.09 bits per heavy atom. The molecule has 170 valence electrons. The van der Waals surface area contributed by atoms with E-state index in [1.54, 1.807) is 12.2 Å². The minimum atomic E-state index is -0.0202. The average molecular weight is 434 g/mol. The van der Waals surface area contributed by atoms with E-state index >= 15 is 0 Å². The summed E-state index contributed by atoms with van der Waals surface area (Å²) in [6.45, 7) is 8.32. The fourth-order valence-electron chi connectivity index (χ4n) is 3.78. The van der Waals surface area contributed by atoms with Crippen LogP contribution in [0.15, 0.2) is 60.7 Å². The van der Waals surface area contributed by atoms with E-state index in [1.165, 1.54) is 5.56 Å². The number of amides is 1. The van der Waals surface area contributed by atoms with Gasteiger partial charge in [0.15, 0.2) is 0 Å². The Kier molecular flexibility index (Phi) is 8.90. The zero-order chi connectivity index (χ0) is 22.8. The molecule has 32 heavy (non-hydrogen) atoms. The van der Waals surface area contributed by atoms with E-state index in [9.17, 15) is 4.79 Å².